The molecule has 0 aliphatic heterocycles. The summed E-state index contributed by atoms with van der Waals surface area (Å²) >= 11 is 1.66. The van der Waals surface area contributed by atoms with Gasteiger partial charge in [0.25, 0.3) is 0 Å². The maximum atomic E-state index is 11.8. The summed E-state index contributed by atoms with van der Waals surface area (Å²) in [4.78, 5) is 11.8. The molecule has 0 saturated heterocycles. The number of thioether (sulfide) groups is 1. The lowest BCUT2D eigenvalue weighted by atomic mass is 10.1. The molecule has 1 N–H and O–H groups in total. The minimum absolute atomic E-state index is 0.130. The third-order valence-corrected chi connectivity index (χ3v) is 4.40. The van der Waals surface area contributed by atoms with Crippen LogP contribution < -0.4 is 5.32 Å². The summed E-state index contributed by atoms with van der Waals surface area (Å²) in [6, 6.07) is 18.8. The molecule has 0 unspecified atom stereocenters. The molecule has 0 aliphatic carbocycles. The zero-order valence-corrected chi connectivity index (χ0v) is 13.9. The first-order valence-corrected chi connectivity index (χ1v) is 8.83. The number of amides is 1. The van der Waals surface area contributed by atoms with Gasteiger partial charge >= 0.3 is 0 Å². The van der Waals surface area contributed by atoms with Gasteiger partial charge in [-0.05, 0) is 30.9 Å². The Hall–Kier alpha value is -1.74. The highest BCUT2D eigenvalue weighted by Gasteiger charge is 2.01. The molecule has 1 amide bonds. The van der Waals surface area contributed by atoms with Crippen molar-refractivity contribution >= 4 is 17.7 Å². The van der Waals surface area contributed by atoms with Crippen LogP contribution in [0.15, 0.2) is 54.6 Å². The van der Waals surface area contributed by atoms with Crippen LogP contribution in [-0.4, -0.2) is 18.2 Å². The van der Waals surface area contributed by atoms with Gasteiger partial charge in [0, 0.05) is 12.3 Å². The first kappa shape index (κ1) is 16.6. The third-order valence-electron chi connectivity index (χ3n) is 3.39. The van der Waals surface area contributed by atoms with Gasteiger partial charge in [0.1, 0.15) is 0 Å². The second kappa shape index (κ2) is 9.31. The van der Waals surface area contributed by atoms with Crippen molar-refractivity contribution < 1.29 is 4.79 Å². The van der Waals surface area contributed by atoms with Crippen molar-refractivity contribution in [2.75, 3.05) is 12.3 Å². The van der Waals surface area contributed by atoms with E-state index >= 15 is 0 Å². The molecule has 0 bridgehead atoms. The molecule has 0 saturated carbocycles. The SMILES string of the molecule is Cc1cccc(CCCNC(=O)CSCc2ccccc2)c1. The minimum Gasteiger partial charge on any atom is -0.355 e. The summed E-state index contributed by atoms with van der Waals surface area (Å²) in [5.74, 6) is 1.54. The fourth-order valence-corrected chi connectivity index (χ4v) is 3.09. The van der Waals surface area contributed by atoms with Crippen LogP contribution in [0.5, 0.6) is 0 Å². The van der Waals surface area contributed by atoms with Crippen molar-refractivity contribution in [1.82, 2.24) is 5.32 Å². The van der Waals surface area contributed by atoms with Gasteiger partial charge in [0.05, 0.1) is 5.75 Å². The highest BCUT2D eigenvalue weighted by molar-refractivity contribution is 7.99. The topological polar surface area (TPSA) is 29.1 Å². The summed E-state index contributed by atoms with van der Waals surface area (Å²) in [5, 5.41) is 2.99. The van der Waals surface area contributed by atoms with E-state index in [1.807, 2.05) is 18.2 Å². The van der Waals surface area contributed by atoms with Crippen LogP contribution in [0.25, 0.3) is 0 Å². The van der Waals surface area contributed by atoms with Gasteiger partial charge in [-0.3, -0.25) is 4.79 Å². The molecule has 0 fully saturated rings. The predicted molar refractivity (Wildman–Crippen MR) is 95.1 cm³/mol. The van der Waals surface area contributed by atoms with Crippen LogP contribution in [0, 0.1) is 6.92 Å². The lowest BCUT2D eigenvalue weighted by Crippen LogP contribution is -2.26. The van der Waals surface area contributed by atoms with Crippen LogP contribution in [0.2, 0.25) is 0 Å². The maximum Gasteiger partial charge on any atom is 0.230 e. The quantitative estimate of drug-likeness (QED) is 0.747. The van der Waals surface area contributed by atoms with Crippen LogP contribution in [-0.2, 0) is 17.0 Å². The average Bonchev–Trinajstić information content (AvgIpc) is 2.53. The van der Waals surface area contributed by atoms with Gasteiger partial charge in [0.15, 0.2) is 0 Å². The van der Waals surface area contributed by atoms with Gasteiger partial charge in [-0.2, -0.15) is 0 Å². The van der Waals surface area contributed by atoms with E-state index in [4.69, 9.17) is 0 Å². The lowest BCUT2D eigenvalue weighted by molar-refractivity contribution is -0.118. The molecule has 0 aromatic heterocycles. The van der Waals surface area contributed by atoms with Crippen molar-refractivity contribution in [2.45, 2.75) is 25.5 Å². The fourth-order valence-electron chi connectivity index (χ4n) is 2.27. The Morgan fingerprint density at radius 3 is 2.59 bits per heavy atom. The first-order valence-electron chi connectivity index (χ1n) is 7.68. The molecule has 116 valence electrons. The van der Waals surface area contributed by atoms with Crippen molar-refractivity contribution in [3.63, 3.8) is 0 Å². The van der Waals surface area contributed by atoms with Gasteiger partial charge in [-0.1, -0.05) is 60.2 Å². The van der Waals surface area contributed by atoms with E-state index in [0.29, 0.717) is 5.75 Å². The number of benzene rings is 2. The molecule has 3 heteroatoms. The van der Waals surface area contributed by atoms with Crippen LogP contribution in [0.1, 0.15) is 23.1 Å². The number of hydrogen-bond donors (Lipinski definition) is 1. The molecule has 0 atom stereocenters. The number of carbonyl (C=O) groups excluding carboxylic acids is 1. The molecule has 0 spiro atoms. The largest absolute Gasteiger partial charge is 0.355 e. The second-order valence-corrected chi connectivity index (χ2v) is 6.41. The number of carbonyl (C=O) groups is 1. The predicted octanol–water partition coefficient (Wildman–Crippen LogP) is 3.98. The van der Waals surface area contributed by atoms with Crippen LogP contribution in [0.3, 0.4) is 0 Å². The van der Waals surface area contributed by atoms with Crippen LogP contribution >= 0.6 is 11.8 Å². The van der Waals surface area contributed by atoms with Crippen LogP contribution in [0.4, 0.5) is 0 Å². The van der Waals surface area contributed by atoms with E-state index in [1.165, 1.54) is 16.7 Å². The van der Waals surface area contributed by atoms with Gasteiger partial charge in [-0.15, -0.1) is 11.8 Å². The molecular formula is C19H23NOS. The highest BCUT2D eigenvalue weighted by Crippen LogP contribution is 2.11. The summed E-state index contributed by atoms with van der Waals surface area (Å²) in [5.41, 5.74) is 3.89. The number of hydrogen-bond acceptors (Lipinski definition) is 2. The van der Waals surface area contributed by atoms with Crippen molar-refractivity contribution in [1.29, 1.82) is 0 Å². The Bertz CT molecular complexity index is 583. The van der Waals surface area contributed by atoms with E-state index in [9.17, 15) is 4.79 Å². The third kappa shape index (κ3) is 6.35. The minimum atomic E-state index is 0.130. The van der Waals surface area contributed by atoms with Crippen molar-refractivity contribution in [2.24, 2.45) is 0 Å². The normalized spacial score (nSPS) is 10.4. The lowest BCUT2D eigenvalue weighted by Gasteiger charge is -2.06. The molecular weight excluding hydrogens is 290 g/mol. The summed E-state index contributed by atoms with van der Waals surface area (Å²) < 4.78 is 0. The maximum absolute atomic E-state index is 11.8. The average molecular weight is 313 g/mol. The van der Waals surface area contributed by atoms with E-state index in [-0.39, 0.29) is 5.91 Å². The number of rotatable bonds is 8. The second-order valence-electron chi connectivity index (χ2n) is 5.42. The first-order chi connectivity index (χ1) is 10.7. The Morgan fingerprint density at radius 2 is 1.82 bits per heavy atom. The molecule has 2 rings (SSSR count). The monoisotopic (exact) mass is 313 g/mol. The highest BCUT2D eigenvalue weighted by atomic mass is 32.2. The molecule has 22 heavy (non-hydrogen) atoms. The van der Waals surface area contributed by atoms with E-state index in [2.05, 4.69) is 48.6 Å². The Kier molecular flexibility index (Phi) is 7.04. The standard InChI is InChI=1S/C19H23NOS/c1-16-7-5-10-17(13-16)11-6-12-20-19(21)15-22-14-18-8-3-2-4-9-18/h2-5,7-10,13H,6,11-12,14-15H2,1H3,(H,20,21). The van der Waals surface area contributed by atoms with E-state index in [0.717, 1.165) is 25.1 Å². The molecule has 0 radical (unpaired) electrons. The zero-order chi connectivity index (χ0) is 15.6. The Morgan fingerprint density at radius 1 is 1.05 bits per heavy atom. The van der Waals surface area contributed by atoms with E-state index in [1.54, 1.807) is 11.8 Å². The van der Waals surface area contributed by atoms with Gasteiger partial charge < -0.3 is 5.32 Å². The fraction of sp³-hybridized carbons (Fsp3) is 0.316. The molecule has 0 heterocycles. The summed E-state index contributed by atoms with van der Waals surface area (Å²) in [6.07, 6.45) is 2.00. The molecule has 2 aromatic carbocycles. The molecule has 2 nitrogen and oxygen atoms in total. The smallest absolute Gasteiger partial charge is 0.230 e. The zero-order valence-electron chi connectivity index (χ0n) is 13.0. The molecule has 2 aromatic rings. The number of aryl methyl sites for hydroxylation is 2. The summed E-state index contributed by atoms with van der Waals surface area (Å²) in [6.45, 7) is 2.86. The van der Waals surface area contributed by atoms with Gasteiger partial charge in [-0.25, -0.2) is 0 Å². The molecule has 0 aliphatic rings. The Balaban J connectivity index is 1.56. The number of nitrogens with one attached hydrogen (secondary N) is 1. The van der Waals surface area contributed by atoms with Crippen molar-refractivity contribution in [3.8, 4) is 0 Å². The van der Waals surface area contributed by atoms with Gasteiger partial charge in [0.2, 0.25) is 5.91 Å². The van der Waals surface area contributed by atoms with E-state index < -0.39 is 0 Å². The van der Waals surface area contributed by atoms with Crippen molar-refractivity contribution in [3.05, 3.63) is 71.3 Å². The summed E-state index contributed by atoms with van der Waals surface area (Å²) in [7, 11) is 0. The Labute approximate surface area is 137 Å².